The van der Waals surface area contributed by atoms with Crippen LogP contribution in [0, 0.1) is 0 Å². The third kappa shape index (κ3) is 5.02. The highest BCUT2D eigenvalue weighted by Crippen LogP contribution is 2.23. The van der Waals surface area contributed by atoms with Gasteiger partial charge >= 0.3 is 0 Å². The number of aromatic nitrogens is 5. The zero-order valence-electron chi connectivity index (χ0n) is 16.1. The predicted octanol–water partition coefficient (Wildman–Crippen LogP) is 3.45. The number of anilines is 1. The van der Waals surface area contributed by atoms with Crippen LogP contribution in [-0.4, -0.2) is 44.0 Å². The SMILES string of the molecule is COc1ccc(-n2nnnc2SCC(=O)Nc2ncc(Cc3ccccc3)s2)cc1. The van der Waals surface area contributed by atoms with Crippen LogP contribution in [0.3, 0.4) is 0 Å². The Morgan fingerprint density at radius 2 is 1.97 bits per heavy atom. The number of ether oxygens (including phenoxy) is 1. The normalized spacial score (nSPS) is 10.7. The number of tetrazole rings is 1. The summed E-state index contributed by atoms with van der Waals surface area (Å²) in [5.74, 6) is 0.754. The van der Waals surface area contributed by atoms with Gasteiger partial charge in [-0.1, -0.05) is 42.1 Å². The second kappa shape index (κ2) is 9.51. The third-order valence-corrected chi connectivity index (χ3v) is 5.94. The minimum Gasteiger partial charge on any atom is -0.497 e. The molecule has 0 unspecified atom stereocenters. The number of methoxy groups -OCH3 is 1. The van der Waals surface area contributed by atoms with Crippen molar-refractivity contribution in [3.05, 3.63) is 71.2 Å². The van der Waals surface area contributed by atoms with E-state index in [1.54, 1.807) is 18.0 Å². The van der Waals surface area contributed by atoms with Gasteiger partial charge in [0.2, 0.25) is 11.1 Å². The van der Waals surface area contributed by atoms with Crippen molar-refractivity contribution in [2.45, 2.75) is 11.6 Å². The van der Waals surface area contributed by atoms with E-state index in [9.17, 15) is 4.79 Å². The molecule has 30 heavy (non-hydrogen) atoms. The van der Waals surface area contributed by atoms with Crippen LogP contribution >= 0.6 is 23.1 Å². The first-order chi connectivity index (χ1) is 14.7. The van der Waals surface area contributed by atoms with Crippen LogP contribution in [0.4, 0.5) is 5.13 Å². The van der Waals surface area contributed by atoms with Gasteiger partial charge in [0.25, 0.3) is 0 Å². The summed E-state index contributed by atoms with van der Waals surface area (Å²) in [5, 5.41) is 15.7. The molecular formula is C20H18N6O2S2. The van der Waals surface area contributed by atoms with Gasteiger partial charge in [-0.15, -0.1) is 16.4 Å². The Balaban J connectivity index is 1.33. The molecule has 0 radical (unpaired) electrons. The van der Waals surface area contributed by atoms with Crippen LogP contribution in [0.2, 0.25) is 0 Å². The van der Waals surface area contributed by atoms with Gasteiger partial charge in [0, 0.05) is 17.5 Å². The summed E-state index contributed by atoms with van der Waals surface area (Å²) in [6, 6.07) is 17.5. The highest BCUT2D eigenvalue weighted by atomic mass is 32.2. The molecule has 0 saturated heterocycles. The molecule has 1 amide bonds. The van der Waals surface area contributed by atoms with Gasteiger partial charge in [-0.2, -0.15) is 4.68 Å². The summed E-state index contributed by atoms with van der Waals surface area (Å²) >= 11 is 2.73. The van der Waals surface area contributed by atoms with Crippen LogP contribution in [0.15, 0.2) is 66.0 Å². The minimum absolute atomic E-state index is 0.162. The van der Waals surface area contributed by atoms with Crippen molar-refractivity contribution in [3.8, 4) is 11.4 Å². The Morgan fingerprint density at radius 1 is 1.17 bits per heavy atom. The largest absolute Gasteiger partial charge is 0.497 e. The fraction of sp³-hybridized carbons (Fsp3) is 0.150. The van der Waals surface area contributed by atoms with E-state index < -0.39 is 0 Å². The highest BCUT2D eigenvalue weighted by molar-refractivity contribution is 7.99. The van der Waals surface area contributed by atoms with Crippen molar-refractivity contribution in [1.29, 1.82) is 0 Å². The number of benzene rings is 2. The topological polar surface area (TPSA) is 94.8 Å². The minimum atomic E-state index is -0.162. The van der Waals surface area contributed by atoms with Gasteiger partial charge in [0.1, 0.15) is 5.75 Å². The molecule has 2 heterocycles. The van der Waals surface area contributed by atoms with Crippen molar-refractivity contribution in [3.63, 3.8) is 0 Å². The molecule has 0 aliphatic rings. The van der Waals surface area contributed by atoms with E-state index in [1.807, 2.05) is 42.5 Å². The molecule has 8 nitrogen and oxygen atoms in total. The van der Waals surface area contributed by atoms with Crippen LogP contribution < -0.4 is 10.1 Å². The van der Waals surface area contributed by atoms with E-state index >= 15 is 0 Å². The number of carbonyl (C=O) groups is 1. The molecule has 1 N–H and O–H groups in total. The second-order valence-corrected chi connectivity index (χ2v) is 8.26. The zero-order valence-corrected chi connectivity index (χ0v) is 17.7. The summed E-state index contributed by atoms with van der Waals surface area (Å²) in [7, 11) is 1.61. The lowest BCUT2D eigenvalue weighted by molar-refractivity contribution is -0.113. The first-order valence-corrected chi connectivity index (χ1v) is 10.9. The number of nitrogens with one attached hydrogen (secondary N) is 1. The monoisotopic (exact) mass is 438 g/mol. The number of rotatable bonds is 8. The average Bonchev–Trinajstić information content (AvgIpc) is 3.42. The smallest absolute Gasteiger partial charge is 0.236 e. The lowest BCUT2D eigenvalue weighted by Crippen LogP contribution is -2.14. The van der Waals surface area contributed by atoms with Gasteiger partial charge in [0.15, 0.2) is 5.13 Å². The number of thiazole rings is 1. The van der Waals surface area contributed by atoms with Crippen LogP contribution in [0.5, 0.6) is 5.75 Å². The quantitative estimate of drug-likeness (QED) is 0.421. The molecule has 2 aromatic heterocycles. The Morgan fingerprint density at radius 3 is 2.73 bits per heavy atom. The summed E-state index contributed by atoms with van der Waals surface area (Å²) in [4.78, 5) is 17.7. The lowest BCUT2D eigenvalue weighted by Gasteiger charge is -2.05. The molecule has 0 fully saturated rings. The molecule has 152 valence electrons. The molecule has 4 aromatic rings. The van der Waals surface area contributed by atoms with Crippen molar-refractivity contribution in [2.75, 3.05) is 18.2 Å². The fourth-order valence-electron chi connectivity index (χ4n) is 2.68. The van der Waals surface area contributed by atoms with Gasteiger partial charge in [-0.3, -0.25) is 4.79 Å². The third-order valence-electron chi connectivity index (χ3n) is 4.11. The molecule has 0 spiro atoms. The van der Waals surface area contributed by atoms with Gasteiger partial charge in [-0.25, -0.2) is 4.98 Å². The maximum atomic E-state index is 12.3. The van der Waals surface area contributed by atoms with Crippen LogP contribution in [0.25, 0.3) is 5.69 Å². The van der Waals surface area contributed by atoms with Crippen molar-refractivity contribution in [2.24, 2.45) is 0 Å². The molecule has 0 bridgehead atoms. The van der Waals surface area contributed by atoms with Crippen LogP contribution in [0.1, 0.15) is 10.4 Å². The molecule has 10 heteroatoms. The molecule has 2 aromatic carbocycles. The summed E-state index contributed by atoms with van der Waals surface area (Å²) in [6.45, 7) is 0. The Labute approximate surface area is 181 Å². The second-order valence-electron chi connectivity index (χ2n) is 6.20. The number of thioether (sulfide) groups is 1. The van der Waals surface area contributed by atoms with E-state index in [0.29, 0.717) is 10.3 Å². The summed E-state index contributed by atoms with van der Waals surface area (Å²) < 4.78 is 6.75. The van der Waals surface area contributed by atoms with E-state index in [2.05, 4.69) is 38.0 Å². The van der Waals surface area contributed by atoms with Gasteiger partial charge in [0.05, 0.1) is 18.6 Å². The summed E-state index contributed by atoms with van der Waals surface area (Å²) in [5.41, 5.74) is 1.99. The molecule has 0 saturated carbocycles. The predicted molar refractivity (Wildman–Crippen MR) is 116 cm³/mol. The first kappa shape index (κ1) is 20.0. The van der Waals surface area contributed by atoms with Crippen LogP contribution in [-0.2, 0) is 11.2 Å². The number of hydrogen-bond acceptors (Lipinski definition) is 8. The number of amides is 1. The maximum absolute atomic E-state index is 12.3. The van der Waals surface area contributed by atoms with Crippen molar-refractivity contribution >= 4 is 34.1 Å². The number of nitrogens with zero attached hydrogens (tertiary/aromatic N) is 5. The van der Waals surface area contributed by atoms with Crippen molar-refractivity contribution in [1.82, 2.24) is 25.2 Å². The highest BCUT2D eigenvalue weighted by Gasteiger charge is 2.13. The molecule has 0 aliphatic carbocycles. The lowest BCUT2D eigenvalue weighted by atomic mass is 10.1. The first-order valence-electron chi connectivity index (χ1n) is 9.05. The molecular weight excluding hydrogens is 420 g/mol. The maximum Gasteiger partial charge on any atom is 0.236 e. The van der Waals surface area contributed by atoms with Crippen molar-refractivity contribution < 1.29 is 9.53 Å². The Kier molecular flexibility index (Phi) is 6.35. The fourth-order valence-corrected chi connectivity index (χ4v) is 4.24. The molecule has 4 rings (SSSR count). The standard InChI is InChI=1S/C20H18N6O2S2/c1-28-16-9-7-15(8-10-16)26-20(23-24-25-26)29-13-18(27)22-19-21-12-17(30-19)11-14-5-3-2-4-6-14/h2-10,12H,11,13H2,1H3,(H,21,22,27). The Bertz CT molecular complexity index is 1110. The zero-order chi connectivity index (χ0) is 20.8. The van der Waals surface area contributed by atoms with E-state index in [1.165, 1.54) is 28.7 Å². The van der Waals surface area contributed by atoms with E-state index in [4.69, 9.17) is 4.74 Å². The van der Waals surface area contributed by atoms with E-state index in [0.717, 1.165) is 22.7 Å². The summed E-state index contributed by atoms with van der Waals surface area (Å²) in [6.07, 6.45) is 2.59. The number of hydrogen-bond donors (Lipinski definition) is 1. The average molecular weight is 439 g/mol. The molecule has 0 atom stereocenters. The number of carbonyl (C=O) groups excluding carboxylic acids is 1. The van der Waals surface area contributed by atoms with Gasteiger partial charge in [-0.05, 0) is 40.3 Å². The molecule has 0 aliphatic heterocycles. The Hall–Kier alpha value is -3.24. The van der Waals surface area contributed by atoms with E-state index in [-0.39, 0.29) is 11.7 Å². The van der Waals surface area contributed by atoms with Gasteiger partial charge < -0.3 is 10.1 Å².